The lowest BCUT2D eigenvalue weighted by molar-refractivity contribution is 0.0957. The van der Waals surface area contributed by atoms with E-state index in [4.69, 9.17) is 0 Å². The monoisotopic (exact) mass is 388 g/mol. The van der Waals surface area contributed by atoms with Gasteiger partial charge < -0.3 is 5.32 Å². The summed E-state index contributed by atoms with van der Waals surface area (Å²) in [6.45, 7) is 2.43. The van der Waals surface area contributed by atoms with Crippen molar-refractivity contribution in [2.75, 3.05) is 6.54 Å². The van der Waals surface area contributed by atoms with Crippen molar-refractivity contribution in [2.45, 2.75) is 13.3 Å². The van der Waals surface area contributed by atoms with Crippen LogP contribution in [-0.4, -0.2) is 27.2 Å². The van der Waals surface area contributed by atoms with E-state index in [9.17, 15) is 4.79 Å². The summed E-state index contributed by atoms with van der Waals surface area (Å²) >= 11 is 1.43. The number of aromatic nitrogens is 3. The number of nitrogens with zero attached hydrogens (tertiary/aromatic N) is 3. The summed E-state index contributed by atoms with van der Waals surface area (Å²) < 4.78 is 1.84. The number of aryl methyl sites for hydroxylation is 1. The van der Waals surface area contributed by atoms with Crippen molar-refractivity contribution in [1.29, 1.82) is 0 Å². The molecule has 1 N–H and O–H groups in total. The largest absolute Gasteiger partial charge is 0.351 e. The fourth-order valence-electron chi connectivity index (χ4n) is 2.92. The maximum atomic E-state index is 12.6. The average Bonchev–Trinajstić information content (AvgIpc) is 3.36. The van der Waals surface area contributed by atoms with Gasteiger partial charge in [0, 0.05) is 18.3 Å². The Balaban J connectivity index is 1.36. The first kappa shape index (κ1) is 18.1. The molecule has 0 bridgehead atoms. The third-order valence-corrected chi connectivity index (χ3v) is 5.58. The fraction of sp³-hybridized carbons (Fsp3) is 0.136. The van der Waals surface area contributed by atoms with Crippen molar-refractivity contribution in [2.24, 2.45) is 0 Å². The van der Waals surface area contributed by atoms with Crippen molar-refractivity contribution >= 4 is 17.2 Å². The molecular formula is C22H20N4OS. The second-order valence-electron chi connectivity index (χ2n) is 6.43. The van der Waals surface area contributed by atoms with Gasteiger partial charge in [-0.2, -0.15) is 5.10 Å². The molecule has 2 heterocycles. The van der Waals surface area contributed by atoms with E-state index in [-0.39, 0.29) is 5.91 Å². The highest BCUT2D eigenvalue weighted by molar-refractivity contribution is 7.17. The van der Waals surface area contributed by atoms with E-state index < -0.39 is 0 Å². The molecule has 0 aliphatic heterocycles. The van der Waals surface area contributed by atoms with Crippen LogP contribution >= 0.6 is 11.3 Å². The quantitative estimate of drug-likeness (QED) is 0.536. The Labute approximate surface area is 167 Å². The minimum Gasteiger partial charge on any atom is -0.351 e. The average molecular weight is 388 g/mol. The summed E-state index contributed by atoms with van der Waals surface area (Å²) in [5, 5.41) is 8.25. The predicted molar refractivity (Wildman–Crippen MR) is 112 cm³/mol. The first-order valence-electron chi connectivity index (χ1n) is 9.11. The van der Waals surface area contributed by atoms with Gasteiger partial charge in [0.05, 0.1) is 17.6 Å². The molecule has 6 heteroatoms. The smallest absolute Gasteiger partial charge is 0.263 e. The molecule has 0 spiro atoms. The van der Waals surface area contributed by atoms with Crippen LogP contribution in [0.5, 0.6) is 0 Å². The lowest BCUT2D eigenvalue weighted by Crippen LogP contribution is -2.25. The van der Waals surface area contributed by atoms with Crippen molar-refractivity contribution in [3.8, 4) is 16.3 Å². The normalized spacial score (nSPS) is 10.8. The number of amides is 1. The summed E-state index contributed by atoms with van der Waals surface area (Å²) in [6.07, 6.45) is 4.56. The summed E-state index contributed by atoms with van der Waals surface area (Å²) in [4.78, 5) is 17.8. The van der Waals surface area contributed by atoms with Gasteiger partial charge in [-0.1, -0.05) is 48.5 Å². The van der Waals surface area contributed by atoms with Crippen molar-refractivity contribution in [3.63, 3.8) is 0 Å². The van der Waals surface area contributed by atoms with Gasteiger partial charge in [-0.25, -0.2) is 9.67 Å². The summed E-state index contributed by atoms with van der Waals surface area (Å²) in [7, 11) is 0. The van der Waals surface area contributed by atoms with Gasteiger partial charge in [-0.3, -0.25) is 4.79 Å². The number of nitrogens with one attached hydrogen (secondary N) is 1. The summed E-state index contributed by atoms with van der Waals surface area (Å²) in [5.41, 5.74) is 3.89. The molecule has 0 unspecified atom stereocenters. The van der Waals surface area contributed by atoms with Gasteiger partial charge in [0.1, 0.15) is 9.88 Å². The summed E-state index contributed by atoms with van der Waals surface area (Å²) in [6, 6.07) is 19.9. The number of thiazole rings is 1. The molecule has 0 fully saturated rings. The first-order valence-corrected chi connectivity index (χ1v) is 9.92. The first-order chi connectivity index (χ1) is 13.7. The molecule has 0 saturated carbocycles. The fourth-order valence-corrected chi connectivity index (χ4v) is 3.91. The molecule has 0 saturated heterocycles. The molecule has 140 valence electrons. The third-order valence-electron chi connectivity index (χ3n) is 4.38. The van der Waals surface area contributed by atoms with E-state index in [1.54, 1.807) is 0 Å². The van der Waals surface area contributed by atoms with E-state index in [1.807, 2.05) is 84.7 Å². The minimum absolute atomic E-state index is 0.0763. The highest BCUT2D eigenvalue weighted by atomic mass is 32.1. The number of benzene rings is 2. The van der Waals surface area contributed by atoms with Gasteiger partial charge in [0.25, 0.3) is 5.91 Å². The molecule has 0 atom stereocenters. The van der Waals surface area contributed by atoms with Crippen LogP contribution in [0.3, 0.4) is 0 Å². The Morgan fingerprint density at radius 1 is 1.07 bits per heavy atom. The van der Waals surface area contributed by atoms with E-state index in [0.29, 0.717) is 11.4 Å². The maximum Gasteiger partial charge on any atom is 0.263 e. The Bertz CT molecular complexity index is 1070. The van der Waals surface area contributed by atoms with Gasteiger partial charge >= 0.3 is 0 Å². The maximum absolute atomic E-state index is 12.6. The van der Waals surface area contributed by atoms with Crippen LogP contribution in [0.1, 0.15) is 20.9 Å². The van der Waals surface area contributed by atoms with Crippen LogP contribution in [0.15, 0.2) is 73.1 Å². The molecule has 28 heavy (non-hydrogen) atoms. The zero-order valence-corrected chi connectivity index (χ0v) is 16.3. The highest BCUT2D eigenvalue weighted by Crippen LogP contribution is 2.27. The zero-order chi connectivity index (χ0) is 19.3. The molecule has 5 nitrogen and oxygen atoms in total. The van der Waals surface area contributed by atoms with Crippen LogP contribution in [0.25, 0.3) is 16.3 Å². The molecular weight excluding hydrogens is 368 g/mol. The second-order valence-corrected chi connectivity index (χ2v) is 7.43. The second kappa shape index (κ2) is 8.19. The van der Waals surface area contributed by atoms with Gasteiger partial charge in [-0.05, 0) is 31.0 Å². The SMILES string of the molecule is Cc1nc(-c2ccccc2)sc1C(=O)NCCc1cnn(-c2ccccc2)c1. The molecule has 2 aromatic carbocycles. The number of para-hydroxylation sites is 1. The topological polar surface area (TPSA) is 59.8 Å². The Morgan fingerprint density at radius 2 is 1.79 bits per heavy atom. The molecule has 0 aliphatic carbocycles. The molecule has 0 radical (unpaired) electrons. The minimum atomic E-state index is -0.0763. The van der Waals surface area contributed by atoms with Crippen LogP contribution in [0, 0.1) is 6.92 Å². The van der Waals surface area contributed by atoms with Crippen LogP contribution in [-0.2, 0) is 6.42 Å². The summed E-state index contributed by atoms with van der Waals surface area (Å²) in [5.74, 6) is -0.0763. The number of carbonyl (C=O) groups is 1. The number of carbonyl (C=O) groups excluding carboxylic acids is 1. The van der Waals surface area contributed by atoms with Crippen LogP contribution < -0.4 is 5.32 Å². The number of hydrogen-bond acceptors (Lipinski definition) is 4. The van der Waals surface area contributed by atoms with Gasteiger partial charge in [0.15, 0.2) is 0 Å². The van der Waals surface area contributed by atoms with Crippen molar-refractivity contribution in [1.82, 2.24) is 20.1 Å². The molecule has 2 aromatic heterocycles. The van der Waals surface area contributed by atoms with E-state index in [1.165, 1.54) is 11.3 Å². The Kier molecular flexibility index (Phi) is 5.30. The van der Waals surface area contributed by atoms with E-state index in [2.05, 4.69) is 15.4 Å². The predicted octanol–water partition coefficient (Wildman–Crippen LogP) is 4.28. The zero-order valence-electron chi connectivity index (χ0n) is 15.5. The van der Waals surface area contributed by atoms with Crippen molar-refractivity contribution < 1.29 is 4.79 Å². The Morgan fingerprint density at radius 3 is 2.54 bits per heavy atom. The molecule has 4 aromatic rings. The molecule has 4 rings (SSSR count). The Hall–Kier alpha value is -3.25. The van der Waals surface area contributed by atoms with Gasteiger partial charge in [-0.15, -0.1) is 11.3 Å². The highest BCUT2D eigenvalue weighted by Gasteiger charge is 2.15. The molecule has 1 amide bonds. The van der Waals surface area contributed by atoms with Crippen LogP contribution in [0.4, 0.5) is 0 Å². The van der Waals surface area contributed by atoms with Crippen LogP contribution in [0.2, 0.25) is 0 Å². The van der Waals surface area contributed by atoms with E-state index in [0.717, 1.165) is 33.9 Å². The standard InChI is InChI=1S/C22H20N4OS/c1-16-20(28-22(25-16)18-8-4-2-5-9-18)21(27)23-13-12-17-14-24-26(15-17)19-10-6-3-7-11-19/h2-11,14-15H,12-13H2,1H3,(H,23,27). The van der Waals surface area contributed by atoms with E-state index >= 15 is 0 Å². The molecule has 0 aliphatic rings. The number of rotatable bonds is 6. The van der Waals surface area contributed by atoms with Gasteiger partial charge in [0.2, 0.25) is 0 Å². The van der Waals surface area contributed by atoms with Crippen molar-refractivity contribution in [3.05, 3.63) is 89.2 Å². The lowest BCUT2D eigenvalue weighted by Gasteiger charge is -2.03. The number of hydrogen-bond donors (Lipinski definition) is 1. The lowest BCUT2D eigenvalue weighted by atomic mass is 10.2. The third kappa shape index (κ3) is 4.02.